The number of hydrogen-bond donors (Lipinski definition) is 1. The molecule has 0 aliphatic carbocycles. The van der Waals surface area contributed by atoms with Gasteiger partial charge in [-0.2, -0.15) is 0 Å². The molecule has 0 saturated heterocycles. The van der Waals surface area contributed by atoms with Gasteiger partial charge < -0.3 is 5.11 Å². The molecule has 0 aliphatic heterocycles. The Hall–Kier alpha value is -1.35. The van der Waals surface area contributed by atoms with E-state index in [1.807, 2.05) is 50.1 Å². The molecule has 18 heavy (non-hydrogen) atoms. The molecule has 0 fully saturated rings. The maximum atomic E-state index is 11.8. The van der Waals surface area contributed by atoms with Gasteiger partial charge in [0.25, 0.3) is 0 Å². The topological polar surface area (TPSA) is 40.5 Å². The van der Waals surface area contributed by atoms with Gasteiger partial charge in [0.1, 0.15) is 5.54 Å². The van der Waals surface area contributed by atoms with Crippen LogP contribution in [0.15, 0.2) is 24.3 Å². The number of nitrogens with zero attached hydrogens (tertiary/aromatic N) is 1. The van der Waals surface area contributed by atoms with E-state index in [-0.39, 0.29) is 0 Å². The van der Waals surface area contributed by atoms with Gasteiger partial charge in [0.05, 0.1) is 0 Å². The van der Waals surface area contributed by atoms with E-state index in [0.29, 0.717) is 13.0 Å². The third-order valence-corrected chi connectivity index (χ3v) is 3.83. The summed E-state index contributed by atoms with van der Waals surface area (Å²) in [5, 5.41) is 9.66. The van der Waals surface area contributed by atoms with Crippen molar-refractivity contribution in [2.24, 2.45) is 0 Å². The molecule has 1 N–H and O–H groups in total. The number of aliphatic carboxylic acids is 1. The maximum absolute atomic E-state index is 11.8. The van der Waals surface area contributed by atoms with Gasteiger partial charge >= 0.3 is 5.97 Å². The van der Waals surface area contributed by atoms with Gasteiger partial charge in [0, 0.05) is 0 Å². The van der Waals surface area contributed by atoms with Crippen molar-refractivity contribution in [1.82, 2.24) is 4.90 Å². The highest BCUT2D eigenvalue weighted by molar-refractivity contribution is 5.80. The molecule has 1 rings (SSSR count). The predicted octanol–water partition coefficient (Wildman–Crippen LogP) is 2.89. The zero-order valence-corrected chi connectivity index (χ0v) is 11.7. The Balaban J connectivity index is 3.28. The van der Waals surface area contributed by atoms with Crippen LogP contribution in [-0.2, 0) is 16.8 Å². The van der Waals surface area contributed by atoms with E-state index in [2.05, 4.69) is 6.92 Å². The molecule has 0 aromatic heterocycles. The summed E-state index contributed by atoms with van der Waals surface area (Å²) < 4.78 is 0. The van der Waals surface area contributed by atoms with Gasteiger partial charge in [-0.25, -0.2) is 4.79 Å². The fourth-order valence-electron chi connectivity index (χ4n) is 2.42. The molecular weight excluding hydrogens is 226 g/mol. The van der Waals surface area contributed by atoms with Crippen LogP contribution in [0.1, 0.15) is 38.3 Å². The lowest BCUT2D eigenvalue weighted by atomic mass is 9.85. The lowest BCUT2D eigenvalue weighted by Crippen LogP contribution is -2.49. The van der Waals surface area contributed by atoms with E-state index >= 15 is 0 Å². The van der Waals surface area contributed by atoms with Crippen molar-refractivity contribution in [2.75, 3.05) is 13.6 Å². The first-order chi connectivity index (χ1) is 8.52. The minimum absolute atomic E-state index is 0.554. The molecule has 0 saturated carbocycles. The molecule has 1 aromatic carbocycles. The third-order valence-electron chi connectivity index (χ3n) is 3.83. The Kier molecular flexibility index (Phi) is 4.91. The molecule has 1 aromatic rings. The third kappa shape index (κ3) is 2.41. The summed E-state index contributed by atoms with van der Waals surface area (Å²) >= 11 is 0. The van der Waals surface area contributed by atoms with Gasteiger partial charge in [-0.3, -0.25) is 4.90 Å². The molecule has 3 heteroatoms. The molecule has 0 amide bonds. The summed E-state index contributed by atoms with van der Waals surface area (Å²) in [6.07, 6.45) is 1.52. The Labute approximate surface area is 109 Å². The number of carboxylic acid groups (broad SMARTS) is 1. The first-order valence-corrected chi connectivity index (χ1v) is 6.56. The minimum Gasteiger partial charge on any atom is -0.480 e. The van der Waals surface area contributed by atoms with Crippen LogP contribution in [0.2, 0.25) is 0 Å². The molecule has 100 valence electrons. The highest BCUT2D eigenvalue weighted by atomic mass is 16.4. The number of hydrogen-bond acceptors (Lipinski definition) is 2. The average Bonchev–Trinajstić information content (AvgIpc) is 2.40. The molecule has 1 atom stereocenters. The second kappa shape index (κ2) is 6.01. The van der Waals surface area contributed by atoms with Crippen molar-refractivity contribution in [3.63, 3.8) is 0 Å². The van der Waals surface area contributed by atoms with E-state index in [4.69, 9.17) is 0 Å². The van der Waals surface area contributed by atoms with Gasteiger partial charge in [0.15, 0.2) is 0 Å². The van der Waals surface area contributed by atoms with Gasteiger partial charge in [-0.05, 0) is 37.6 Å². The first-order valence-electron chi connectivity index (χ1n) is 6.56. The normalized spacial score (nSPS) is 14.5. The van der Waals surface area contributed by atoms with Crippen molar-refractivity contribution in [2.45, 2.75) is 39.2 Å². The summed E-state index contributed by atoms with van der Waals surface area (Å²) in [4.78, 5) is 13.7. The molecular formula is C15H23NO2. The summed E-state index contributed by atoms with van der Waals surface area (Å²) in [5.74, 6) is -0.779. The van der Waals surface area contributed by atoms with E-state index in [1.54, 1.807) is 0 Å². The summed E-state index contributed by atoms with van der Waals surface area (Å²) in [6, 6.07) is 7.93. The van der Waals surface area contributed by atoms with Crippen molar-refractivity contribution in [3.8, 4) is 0 Å². The lowest BCUT2D eigenvalue weighted by molar-refractivity contribution is -0.151. The largest absolute Gasteiger partial charge is 0.480 e. The number of aryl methyl sites for hydroxylation is 1. The number of carbonyl (C=O) groups is 1. The van der Waals surface area contributed by atoms with E-state index in [9.17, 15) is 9.90 Å². The molecule has 3 nitrogen and oxygen atoms in total. The zero-order chi connectivity index (χ0) is 13.8. The van der Waals surface area contributed by atoms with Crippen LogP contribution < -0.4 is 0 Å². The van der Waals surface area contributed by atoms with Crippen molar-refractivity contribution < 1.29 is 9.90 Å². The van der Waals surface area contributed by atoms with Gasteiger partial charge in [-0.15, -0.1) is 0 Å². The monoisotopic (exact) mass is 249 g/mol. The van der Waals surface area contributed by atoms with Crippen LogP contribution in [0.25, 0.3) is 0 Å². The number of carboxylic acids is 1. The smallest absolute Gasteiger partial charge is 0.328 e. The van der Waals surface area contributed by atoms with Crippen LogP contribution >= 0.6 is 0 Å². The fraction of sp³-hybridized carbons (Fsp3) is 0.533. The molecule has 1 unspecified atom stereocenters. The number of benzene rings is 1. The molecule has 0 bridgehead atoms. The van der Waals surface area contributed by atoms with Gasteiger partial charge in [0.2, 0.25) is 0 Å². The van der Waals surface area contributed by atoms with Crippen LogP contribution in [0, 0.1) is 0 Å². The lowest BCUT2D eigenvalue weighted by Gasteiger charge is -2.37. The fourth-order valence-corrected chi connectivity index (χ4v) is 2.42. The number of rotatable bonds is 6. The summed E-state index contributed by atoms with van der Waals surface area (Å²) in [6.45, 7) is 6.70. The van der Waals surface area contributed by atoms with Crippen LogP contribution in [0.4, 0.5) is 0 Å². The van der Waals surface area contributed by atoms with E-state index in [0.717, 1.165) is 12.0 Å². The standard InChI is InChI=1S/C15H23NO2/c1-5-12-8-10-13(11-9-12)15(6-2,14(17)18)16(4)7-3/h8-11H,5-7H2,1-4H3,(H,17,18). The SMILES string of the molecule is CCc1ccc(C(CC)(C(=O)O)N(C)CC)cc1. The highest BCUT2D eigenvalue weighted by Crippen LogP contribution is 2.31. The Bertz CT molecular complexity index is 399. The van der Waals surface area contributed by atoms with Crippen LogP contribution in [0.5, 0.6) is 0 Å². The van der Waals surface area contributed by atoms with Crippen molar-refractivity contribution >= 4 is 5.97 Å². The molecule has 0 spiro atoms. The first kappa shape index (κ1) is 14.7. The number of likely N-dealkylation sites (N-methyl/N-ethyl adjacent to an activating group) is 1. The average molecular weight is 249 g/mol. The highest BCUT2D eigenvalue weighted by Gasteiger charge is 2.41. The van der Waals surface area contributed by atoms with Gasteiger partial charge in [-0.1, -0.05) is 45.0 Å². The molecule has 0 heterocycles. The predicted molar refractivity (Wildman–Crippen MR) is 73.7 cm³/mol. The minimum atomic E-state index is -0.916. The summed E-state index contributed by atoms with van der Waals surface area (Å²) in [5.41, 5.74) is 1.17. The Morgan fingerprint density at radius 1 is 1.22 bits per heavy atom. The second-order valence-corrected chi connectivity index (χ2v) is 4.58. The molecule has 0 radical (unpaired) electrons. The second-order valence-electron chi connectivity index (χ2n) is 4.58. The summed E-state index contributed by atoms with van der Waals surface area (Å²) in [7, 11) is 1.87. The quantitative estimate of drug-likeness (QED) is 0.842. The van der Waals surface area contributed by atoms with Crippen molar-refractivity contribution in [1.29, 1.82) is 0 Å². The maximum Gasteiger partial charge on any atom is 0.328 e. The Morgan fingerprint density at radius 3 is 2.11 bits per heavy atom. The van der Waals surface area contributed by atoms with Crippen molar-refractivity contribution in [3.05, 3.63) is 35.4 Å². The van der Waals surface area contributed by atoms with E-state index < -0.39 is 11.5 Å². The van der Waals surface area contributed by atoms with E-state index in [1.165, 1.54) is 5.56 Å². The zero-order valence-electron chi connectivity index (χ0n) is 11.7. The Morgan fingerprint density at radius 2 is 1.78 bits per heavy atom. The van der Waals surface area contributed by atoms with Crippen LogP contribution in [-0.4, -0.2) is 29.6 Å². The molecule has 0 aliphatic rings. The van der Waals surface area contributed by atoms with Crippen LogP contribution in [0.3, 0.4) is 0 Å².